The molecule has 3 aromatic carbocycles. The fourth-order valence-electron chi connectivity index (χ4n) is 3.20. The number of hydrogen-bond donors (Lipinski definition) is 1. The van der Waals surface area contributed by atoms with Crippen molar-refractivity contribution >= 4 is 21.6 Å². The fraction of sp³-hybridized carbons (Fsp3) is 0.208. The Hall–Kier alpha value is -3.16. The zero-order valence-corrected chi connectivity index (χ0v) is 18.4. The zero-order chi connectivity index (χ0) is 22.3. The molecule has 0 bridgehead atoms. The molecule has 7 heteroatoms. The Balaban J connectivity index is 1.91. The number of nitrogens with one attached hydrogen (secondary N) is 1. The lowest BCUT2D eigenvalue weighted by molar-refractivity contribution is -0.116. The van der Waals surface area contributed by atoms with Crippen molar-refractivity contribution in [2.24, 2.45) is 0 Å². The van der Waals surface area contributed by atoms with Gasteiger partial charge in [-0.3, -0.25) is 4.79 Å². The summed E-state index contributed by atoms with van der Waals surface area (Å²) in [6.45, 7) is 3.81. The molecule has 0 fully saturated rings. The summed E-state index contributed by atoms with van der Waals surface area (Å²) in [5, 5.41) is 2.76. The maximum absolute atomic E-state index is 13.5. The Morgan fingerprint density at radius 2 is 1.52 bits per heavy atom. The molecule has 1 amide bonds. The second kappa shape index (κ2) is 10.2. The van der Waals surface area contributed by atoms with Crippen LogP contribution >= 0.6 is 0 Å². The van der Waals surface area contributed by atoms with E-state index in [-0.39, 0.29) is 11.4 Å². The van der Waals surface area contributed by atoms with Gasteiger partial charge in [0.25, 0.3) is 0 Å². The van der Waals surface area contributed by atoms with Crippen molar-refractivity contribution in [1.29, 1.82) is 0 Å². The van der Waals surface area contributed by atoms with Gasteiger partial charge in [-0.25, -0.2) is 8.42 Å². The third-order valence-electron chi connectivity index (χ3n) is 4.81. The maximum atomic E-state index is 13.5. The molecule has 6 nitrogen and oxygen atoms in total. The normalized spacial score (nSPS) is 12.4. The lowest BCUT2D eigenvalue weighted by Crippen LogP contribution is -2.39. The van der Waals surface area contributed by atoms with Gasteiger partial charge in [-0.1, -0.05) is 48.5 Å². The van der Waals surface area contributed by atoms with E-state index in [1.165, 1.54) is 16.4 Å². The van der Waals surface area contributed by atoms with E-state index in [1.54, 1.807) is 43.3 Å². The van der Waals surface area contributed by atoms with Crippen LogP contribution < -0.4 is 10.1 Å². The number of ether oxygens (including phenoxy) is 1. The molecule has 1 unspecified atom stereocenters. The topological polar surface area (TPSA) is 75.7 Å². The average molecular weight is 439 g/mol. The highest BCUT2D eigenvalue weighted by Gasteiger charge is 2.32. The summed E-state index contributed by atoms with van der Waals surface area (Å²) in [5.41, 5.74) is 1.41. The lowest BCUT2D eigenvalue weighted by atomic mass is 10.1. The molecule has 31 heavy (non-hydrogen) atoms. The summed E-state index contributed by atoms with van der Waals surface area (Å²) in [5.74, 6) is 0.175. The Morgan fingerprint density at radius 3 is 2.10 bits per heavy atom. The molecule has 1 N–H and O–H groups in total. The molecule has 3 aromatic rings. The van der Waals surface area contributed by atoms with Gasteiger partial charge in [0, 0.05) is 11.7 Å². The van der Waals surface area contributed by atoms with Crippen LogP contribution in [0.1, 0.15) is 25.5 Å². The molecule has 0 radical (unpaired) electrons. The first-order chi connectivity index (χ1) is 14.9. The van der Waals surface area contributed by atoms with Gasteiger partial charge >= 0.3 is 0 Å². The molecule has 0 spiro atoms. The quantitative estimate of drug-likeness (QED) is 0.535. The van der Waals surface area contributed by atoms with Crippen LogP contribution in [0, 0.1) is 0 Å². The summed E-state index contributed by atoms with van der Waals surface area (Å²) >= 11 is 0. The number of carbonyl (C=O) groups excluding carboxylic acids is 1. The smallest absolute Gasteiger partial charge is 0.244 e. The molecule has 0 aliphatic carbocycles. The summed E-state index contributed by atoms with van der Waals surface area (Å²) < 4.78 is 33.6. The minimum Gasteiger partial charge on any atom is -0.494 e. The van der Waals surface area contributed by atoms with Crippen molar-refractivity contribution in [3.63, 3.8) is 0 Å². The number of sulfonamides is 1. The third kappa shape index (κ3) is 5.71. The molecule has 0 aliphatic heterocycles. The Bertz CT molecular complexity index is 1090. The molecule has 3 rings (SSSR count). The van der Waals surface area contributed by atoms with E-state index < -0.39 is 22.0 Å². The van der Waals surface area contributed by atoms with Gasteiger partial charge in [0.1, 0.15) is 5.75 Å². The number of amides is 1. The minimum absolute atomic E-state index is 0.103. The number of carbonyl (C=O) groups is 1. The van der Waals surface area contributed by atoms with Crippen LogP contribution in [-0.4, -0.2) is 31.8 Å². The molecular formula is C24H26N2O4S. The first-order valence-corrected chi connectivity index (χ1v) is 11.5. The summed E-state index contributed by atoms with van der Waals surface area (Å²) in [6, 6.07) is 23.9. The lowest BCUT2D eigenvalue weighted by Gasteiger charge is -2.28. The Kier molecular flexibility index (Phi) is 7.44. The van der Waals surface area contributed by atoms with E-state index in [0.29, 0.717) is 18.0 Å². The summed E-state index contributed by atoms with van der Waals surface area (Å²) in [6.07, 6.45) is 0. The van der Waals surface area contributed by atoms with Crippen molar-refractivity contribution in [2.45, 2.75) is 24.8 Å². The van der Waals surface area contributed by atoms with Crippen LogP contribution in [0.5, 0.6) is 5.75 Å². The van der Waals surface area contributed by atoms with Gasteiger partial charge in [0.2, 0.25) is 15.9 Å². The largest absolute Gasteiger partial charge is 0.494 e. The molecular weight excluding hydrogens is 412 g/mol. The highest BCUT2D eigenvalue weighted by molar-refractivity contribution is 7.89. The number of benzene rings is 3. The van der Waals surface area contributed by atoms with Gasteiger partial charge in [0.15, 0.2) is 0 Å². The highest BCUT2D eigenvalue weighted by Crippen LogP contribution is 2.28. The van der Waals surface area contributed by atoms with Crippen LogP contribution in [0.2, 0.25) is 0 Å². The van der Waals surface area contributed by atoms with Gasteiger partial charge in [-0.05, 0) is 55.8 Å². The first kappa shape index (κ1) is 22.5. The molecule has 0 aliphatic rings. The van der Waals surface area contributed by atoms with E-state index in [0.717, 1.165) is 5.56 Å². The molecule has 1 atom stereocenters. The van der Waals surface area contributed by atoms with Crippen molar-refractivity contribution < 1.29 is 17.9 Å². The van der Waals surface area contributed by atoms with Gasteiger partial charge < -0.3 is 10.1 Å². The predicted octanol–water partition coefficient (Wildman–Crippen LogP) is 4.48. The number of rotatable bonds is 9. The van der Waals surface area contributed by atoms with Crippen molar-refractivity contribution in [3.05, 3.63) is 90.5 Å². The van der Waals surface area contributed by atoms with Crippen LogP contribution in [-0.2, 0) is 14.8 Å². The number of nitrogens with zero attached hydrogens (tertiary/aromatic N) is 1. The number of hydrogen-bond acceptors (Lipinski definition) is 4. The molecule has 0 saturated carbocycles. The first-order valence-electron chi connectivity index (χ1n) is 10.1. The summed E-state index contributed by atoms with van der Waals surface area (Å²) in [7, 11) is -3.95. The van der Waals surface area contributed by atoms with Crippen molar-refractivity contribution in [1.82, 2.24) is 4.31 Å². The van der Waals surface area contributed by atoms with Crippen LogP contribution in [0.25, 0.3) is 0 Å². The molecule has 0 heterocycles. The van der Waals surface area contributed by atoms with Crippen molar-refractivity contribution in [2.75, 3.05) is 18.5 Å². The average Bonchev–Trinajstić information content (AvgIpc) is 2.79. The van der Waals surface area contributed by atoms with Crippen LogP contribution in [0.3, 0.4) is 0 Å². The number of anilines is 1. The summed E-state index contributed by atoms with van der Waals surface area (Å²) in [4.78, 5) is 12.8. The second-order valence-corrected chi connectivity index (χ2v) is 8.85. The molecule has 0 aromatic heterocycles. The SMILES string of the molecule is CCOc1ccc(S(=O)(=O)N(CC(=O)Nc2ccccc2)C(C)c2ccccc2)cc1. The molecule has 162 valence electrons. The second-order valence-electron chi connectivity index (χ2n) is 6.96. The van der Waals surface area contributed by atoms with Crippen molar-refractivity contribution in [3.8, 4) is 5.75 Å². The van der Waals surface area contributed by atoms with E-state index >= 15 is 0 Å². The number of para-hydroxylation sites is 1. The Labute approximate surface area is 183 Å². The van der Waals surface area contributed by atoms with E-state index in [1.807, 2.05) is 43.3 Å². The predicted molar refractivity (Wildman–Crippen MR) is 121 cm³/mol. The van der Waals surface area contributed by atoms with Gasteiger partial charge in [-0.15, -0.1) is 0 Å². The monoisotopic (exact) mass is 438 g/mol. The fourth-order valence-corrected chi connectivity index (χ4v) is 4.78. The zero-order valence-electron chi connectivity index (χ0n) is 17.6. The van der Waals surface area contributed by atoms with Crippen LogP contribution in [0.4, 0.5) is 5.69 Å². The van der Waals surface area contributed by atoms with E-state index in [2.05, 4.69) is 5.32 Å². The van der Waals surface area contributed by atoms with E-state index in [4.69, 9.17) is 4.74 Å². The third-order valence-corrected chi connectivity index (χ3v) is 6.74. The highest BCUT2D eigenvalue weighted by atomic mass is 32.2. The van der Waals surface area contributed by atoms with Gasteiger partial charge in [0.05, 0.1) is 18.0 Å². The Morgan fingerprint density at radius 1 is 0.935 bits per heavy atom. The standard InChI is InChI=1S/C24H26N2O4S/c1-3-30-22-14-16-23(17-15-22)31(28,29)26(19(2)20-10-6-4-7-11-20)18-24(27)25-21-12-8-5-9-13-21/h4-17,19H,3,18H2,1-2H3,(H,25,27). The maximum Gasteiger partial charge on any atom is 0.244 e. The van der Waals surface area contributed by atoms with Crippen LogP contribution in [0.15, 0.2) is 89.8 Å². The minimum atomic E-state index is -3.95. The molecule has 0 saturated heterocycles. The van der Waals surface area contributed by atoms with E-state index in [9.17, 15) is 13.2 Å². The van der Waals surface area contributed by atoms with Gasteiger partial charge in [-0.2, -0.15) is 4.31 Å².